The number of hydrogen-bond acceptors (Lipinski definition) is 4. The molecule has 1 heterocycles. The Labute approximate surface area is 121 Å². The van der Waals surface area contributed by atoms with Crippen molar-refractivity contribution >= 4 is 29.0 Å². The van der Waals surface area contributed by atoms with Crippen LogP contribution in [-0.2, 0) is 14.3 Å². The Hall–Kier alpha value is -2.01. The molecule has 5 nitrogen and oxygen atoms in total. The highest BCUT2D eigenvalue weighted by atomic mass is 35.5. The lowest BCUT2D eigenvalue weighted by Gasteiger charge is -2.16. The van der Waals surface area contributed by atoms with Crippen molar-refractivity contribution in [3.8, 4) is 0 Å². The molecule has 1 amide bonds. The summed E-state index contributed by atoms with van der Waals surface area (Å²) in [4.78, 5) is 24.0. The molecule has 6 heteroatoms. The number of nitrogens with one attached hydrogen (secondary N) is 2. The van der Waals surface area contributed by atoms with E-state index in [1.165, 1.54) is 6.92 Å². The number of ether oxygens (including phenoxy) is 1. The number of carbonyl (C=O) groups excluding carboxylic acids is 2. The van der Waals surface area contributed by atoms with E-state index in [0.29, 0.717) is 17.9 Å². The molecule has 0 saturated heterocycles. The van der Waals surface area contributed by atoms with Crippen molar-refractivity contribution in [2.75, 3.05) is 11.9 Å². The van der Waals surface area contributed by atoms with Gasteiger partial charge >= 0.3 is 0 Å². The molecule has 0 fully saturated rings. The first-order valence-electron chi connectivity index (χ1n) is 6.24. The molecule has 20 heavy (non-hydrogen) atoms. The number of para-hydroxylation sites is 1. The van der Waals surface area contributed by atoms with Crippen LogP contribution in [0.2, 0.25) is 0 Å². The van der Waals surface area contributed by atoms with Gasteiger partial charge in [-0.25, -0.2) is 0 Å². The van der Waals surface area contributed by atoms with Crippen LogP contribution in [0.5, 0.6) is 0 Å². The smallest absolute Gasteiger partial charge is 0.276 e. The van der Waals surface area contributed by atoms with E-state index >= 15 is 0 Å². The molecule has 1 aliphatic rings. The van der Waals surface area contributed by atoms with Crippen LogP contribution in [0.3, 0.4) is 0 Å². The van der Waals surface area contributed by atoms with Gasteiger partial charge in [-0.15, -0.1) is 0 Å². The van der Waals surface area contributed by atoms with Crippen molar-refractivity contribution in [1.82, 2.24) is 5.32 Å². The van der Waals surface area contributed by atoms with E-state index in [9.17, 15) is 9.59 Å². The molecule has 0 radical (unpaired) electrons. The molecule has 106 valence electrons. The first kappa shape index (κ1) is 14.4. The summed E-state index contributed by atoms with van der Waals surface area (Å²) >= 11 is 5.96. The Morgan fingerprint density at radius 2 is 2.10 bits per heavy atom. The molecule has 2 rings (SSSR count). The van der Waals surface area contributed by atoms with Crippen LogP contribution < -0.4 is 10.6 Å². The van der Waals surface area contributed by atoms with Gasteiger partial charge in [-0.1, -0.05) is 18.2 Å². The number of rotatable bonds is 3. The molecule has 1 aromatic carbocycles. The van der Waals surface area contributed by atoms with E-state index in [1.807, 2.05) is 6.07 Å². The Balaban J connectivity index is 2.50. The largest absolute Gasteiger partial charge is 0.482 e. The van der Waals surface area contributed by atoms with Crippen molar-refractivity contribution in [1.29, 1.82) is 0 Å². The minimum Gasteiger partial charge on any atom is -0.482 e. The highest BCUT2D eigenvalue weighted by Gasteiger charge is 2.29. The van der Waals surface area contributed by atoms with E-state index in [4.69, 9.17) is 16.3 Å². The van der Waals surface area contributed by atoms with Gasteiger partial charge in [0.1, 0.15) is 6.04 Å². The van der Waals surface area contributed by atoms with Gasteiger partial charge in [0.15, 0.2) is 11.5 Å². The summed E-state index contributed by atoms with van der Waals surface area (Å²) in [5.74, 6) is -0.549. The number of anilines is 1. The molecular weight excluding hydrogens is 280 g/mol. The zero-order chi connectivity index (χ0) is 14.7. The van der Waals surface area contributed by atoms with Crippen molar-refractivity contribution in [3.63, 3.8) is 0 Å². The molecule has 0 aliphatic carbocycles. The minimum absolute atomic E-state index is 0.0518. The molecule has 0 saturated carbocycles. The second kappa shape index (κ2) is 5.96. The van der Waals surface area contributed by atoms with E-state index in [2.05, 4.69) is 10.6 Å². The monoisotopic (exact) mass is 294 g/mol. The molecule has 1 atom stereocenters. The Morgan fingerprint density at radius 3 is 2.75 bits per heavy atom. The number of amides is 1. The number of benzene rings is 1. The normalized spacial score (nSPS) is 20.1. The molecule has 2 N–H and O–H groups in total. The lowest BCUT2D eigenvalue weighted by molar-refractivity contribution is -0.119. The fourth-order valence-corrected chi connectivity index (χ4v) is 2.25. The summed E-state index contributed by atoms with van der Waals surface area (Å²) in [5.41, 5.74) is 1.34. The molecule has 1 unspecified atom stereocenters. The van der Waals surface area contributed by atoms with Gasteiger partial charge in [-0.05, 0) is 31.5 Å². The van der Waals surface area contributed by atoms with Gasteiger partial charge < -0.3 is 15.4 Å². The third-order valence-corrected chi connectivity index (χ3v) is 3.21. The average Bonchev–Trinajstić information content (AvgIpc) is 2.55. The standard InChI is InChI=1S/C14H15ClN2O3/c1-3-20-13(15)12-14(19)16-10-7-5-4-6-9(10)11(17-12)8(2)18/h4-7,11,17H,3H2,1-2H3,(H,16,19)/b13-12-. The number of Topliss-reactive ketones (excluding diaryl/α,β-unsaturated/α-hetero) is 1. The number of hydrogen-bond donors (Lipinski definition) is 2. The predicted octanol–water partition coefficient (Wildman–Crippen LogP) is 2.30. The molecule has 1 aromatic rings. The fourth-order valence-electron chi connectivity index (χ4n) is 2.00. The van der Waals surface area contributed by atoms with Gasteiger partial charge in [-0.2, -0.15) is 0 Å². The van der Waals surface area contributed by atoms with Gasteiger partial charge in [0.05, 0.1) is 6.61 Å². The summed E-state index contributed by atoms with van der Waals surface area (Å²) in [6, 6.07) is 6.47. The zero-order valence-corrected chi connectivity index (χ0v) is 12.0. The van der Waals surface area contributed by atoms with Crippen molar-refractivity contribution in [3.05, 3.63) is 40.7 Å². The maximum Gasteiger partial charge on any atom is 0.276 e. The van der Waals surface area contributed by atoms with Crippen LogP contribution in [0, 0.1) is 0 Å². The second-order valence-electron chi connectivity index (χ2n) is 4.31. The van der Waals surface area contributed by atoms with Crippen molar-refractivity contribution in [2.24, 2.45) is 0 Å². The molecule has 0 aromatic heterocycles. The van der Waals surface area contributed by atoms with E-state index in [-0.39, 0.29) is 16.7 Å². The fraction of sp³-hybridized carbons (Fsp3) is 0.286. The van der Waals surface area contributed by atoms with Crippen LogP contribution in [-0.4, -0.2) is 18.3 Å². The van der Waals surface area contributed by atoms with Crippen LogP contribution >= 0.6 is 11.6 Å². The Bertz CT molecular complexity index is 584. The zero-order valence-electron chi connectivity index (χ0n) is 11.2. The quantitative estimate of drug-likeness (QED) is 0.663. The van der Waals surface area contributed by atoms with Crippen LogP contribution in [0.15, 0.2) is 35.2 Å². The third kappa shape index (κ3) is 2.77. The summed E-state index contributed by atoms with van der Waals surface area (Å²) in [5, 5.41) is 5.54. The maximum atomic E-state index is 12.2. The first-order chi connectivity index (χ1) is 9.54. The van der Waals surface area contributed by atoms with Gasteiger partial charge in [0.2, 0.25) is 5.22 Å². The maximum absolute atomic E-state index is 12.2. The number of halogens is 1. The second-order valence-corrected chi connectivity index (χ2v) is 4.65. The number of carbonyl (C=O) groups is 2. The van der Waals surface area contributed by atoms with Crippen LogP contribution in [0.4, 0.5) is 5.69 Å². The minimum atomic E-state index is -0.644. The van der Waals surface area contributed by atoms with Crippen molar-refractivity contribution < 1.29 is 14.3 Å². The van der Waals surface area contributed by atoms with E-state index in [0.717, 1.165) is 0 Å². The SMILES string of the molecule is CCO/C(Cl)=C1\NC(C(C)=O)c2ccccc2NC1=O. The third-order valence-electron chi connectivity index (χ3n) is 2.91. The Morgan fingerprint density at radius 1 is 1.40 bits per heavy atom. The van der Waals surface area contributed by atoms with Crippen LogP contribution in [0.1, 0.15) is 25.5 Å². The summed E-state index contributed by atoms with van der Waals surface area (Å²) in [6.07, 6.45) is 0. The van der Waals surface area contributed by atoms with Gasteiger partial charge in [0, 0.05) is 11.3 Å². The molecule has 0 spiro atoms. The highest BCUT2D eigenvalue weighted by molar-refractivity contribution is 6.31. The topological polar surface area (TPSA) is 67.4 Å². The van der Waals surface area contributed by atoms with Crippen molar-refractivity contribution in [2.45, 2.75) is 19.9 Å². The van der Waals surface area contributed by atoms with Crippen LogP contribution in [0.25, 0.3) is 0 Å². The highest BCUT2D eigenvalue weighted by Crippen LogP contribution is 2.29. The lowest BCUT2D eigenvalue weighted by Crippen LogP contribution is -2.30. The molecular formula is C14H15ClN2O3. The summed E-state index contributed by atoms with van der Waals surface area (Å²) in [6.45, 7) is 3.54. The number of fused-ring (bicyclic) bond motifs is 1. The first-order valence-corrected chi connectivity index (χ1v) is 6.62. The van der Waals surface area contributed by atoms with E-state index in [1.54, 1.807) is 25.1 Å². The molecule has 1 aliphatic heterocycles. The summed E-state index contributed by atoms with van der Waals surface area (Å²) in [7, 11) is 0. The Kier molecular flexibility index (Phi) is 4.29. The summed E-state index contributed by atoms with van der Waals surface area (Å²) < 4.78 is 5.14. The van der Waals surface area contributed by atoms with E-state index < -0.39 is 11.9 Å². The average molecular weight is 295 g/mol. The predicted molar refractivity (Wildman–Crippen MR) is 76.1 cm³/mol. The van der Waals surface area contributed by atoms with Gasteiger partial charge in [-0.3, -0.25) is 9.59 Å². The lowest BCUT2D eigenvalue weighted by atomic mass is 10.0. The van der Waals surface area contributed by atoms with Gasteiger partial charge in [0.25, 0.3) is 5.91 Å². The number of ketones is 1. The molecule has 0 bridgehead atoms.